The number of ether oxygens (including phenoxy) is 2. The first-order chi connectivity index (χ1) is 16.8. The number of carbonyl (C=O) groups excluding carboxylic acids is 2. The fraction of sp³-hybridized carbons (Fsp3) is 0.733. The van der Waals surface area contributed by atoms with Gasteiger partial charge in [-0.25, -0.2) is 4.90 Å². The van der Waals surface area contributed by atoms with Crippen LogP contribution in [0.15, 0.2) is 12.1 Å². The molecule has 6 aliphatic rings. The Hall–Kier alpha value is -1.92. The number of piperidine rings is 1. The minimum absolute atomic E-state index is 0.148. The van der Waals surface area contributed by atoms with Crippen LogP contribution in [-0.2, 0) is 24.5 Å². The van der Waals surface area contributed by atoms with Crippen LogP contribution < -0.4 is 0 Å². The van der Waals surface area contributed by atoms with Crippen molar-refractivity contribution in [3.8, 4) is 5.75 Å². The van der Waals surface area contributed by atoms with Gasteiger partial charge in [0.2, 0.25) is 0 Å². The normalized spacial score (nSPS) is 51.1. The van der Waals surface area contributed by atoms with Crippen molar-refractivity contribution in [2.45, 2.75) is 109 Å². The molecule has 5 fully saturated rings. The number of aryl methyl sites for hydroxylation is 1. The highest BCUT2D eigenvalue weighted by Crippen LogP contribution is 2.76. The van der Waals surface area contributed by atoms with Crippen molar-refractivity contribution in [1.29, 1.82) is 0 Å². The van der Waals surface area contributed by atoms with Gasteiger partial charge in [0.25, 0.3) is 0 Å². The van der Waals surface area contributed by atoms with Crippen LogP contribution in [0, 0.1) is 29.6 Å². The van der Waals surface area contributed by atoms with E-state index in [1.54, 1.807) is 6.07 Å². The topological polar surface area (TPSA) is 76.1 Å². The highest BCUT2D eigenvalue weighted by atomic mass is 16.6. The lowest BCUT2D eigenvalue weighted by atomic mass is 9.35. The Morgan fingerprint density at radius 3 is 2.61 bits per heavy atom. The van der Waals surface area contributed by atoms with Crippen molar-refractivity contribution in [1.82, 2.24) is 4.90 Å². The summed E-state index contributed by atoms with van der Waals surface area (Å²) in [7, 11) is 0. The number of phenols is 1. The van der Waals surface area contributed by atoms with E-state index in [-0.39, 0.29) is 41.4 Å². The number of rotatable bonds is 0. The van der Waals surface area contributed by atoms with Crippen LogP contribution in [0.5, 0.6) is 5.75 Å². The summed E-state index contributed by atoms with van der Waals surface area (Å²) in [6.07, 6.45) is 4.69. The Labute approximate surface area is 213 Å². The lowest BCUT2D eigenvalue weighted by Gasteiger charge is -2.75. The van der Waals surface area contributed by atoms with Crippen molar-refractivity contribution in [2.24, 2.45) is 22.7 Å². The maximum atomic E-state index is 14.3. The van der Waals surface area contributed by atoms with E-state index >= 15 is 0 Å². The standard InChI is InChI=1S/C30H39NO5/c1-16-10-20-23(21(32)11-16)18(3)24(34)25-26(20,4)15-30-28(6,27(25,5)13-22(33)36-30)7-8-29-12-17(2)9-19(35-29)14-31(29)30/h10-11,17-19,25,32H,7-9,12-15H2,1-6H3. The van der Waals surface area contributed by atoms with E-state index in [0.29, 0.717) is 12.3 Å². The van der Waals surface area contributed by atoms with Crippen LogP contribution in [-0.4, -0.2) is 45.9 Å². The van der Waals surface area contributed by atoms with E-state index in [0.717, 1.165) is 48.9 Å². The van der Waals surface area contributed by atoms with Crippen molar-refractivity contribution in [3.63, 3.8) is 0 Å². The fourth-order valence-corrected chi connectivity index (χ4v) is 10.5. The van der Waals surface area contributed by atoms with Crippen LogP contribution in [0.3, 0.4) is 0 Å². The molecule has 1 spiro atoms. The predicted octanol–water partition coefficient (Wildman–Crippen LogP) is 4.94. The van der Waals surface area contributed by atoms with Gasteiger partial charge in [0.05, 0.1) is 12.5 Å². The van der Waals surface area contributed by atoms with Crippen LogP contribution in [0.1, 0.15) is 95.8 Å². The van der Waals surface area contributed by atoms with Crippen molar-refractivity contribution in [3.05, 3.63) is 28.8 Å². The van der Waals surface area contributed by atoms with Gasteiger partial charge < -0.3 is 14.6 Å². The van der Waals surface area contributed by atoms with Crippen molar-refractivity contribution in [2.75, 3.05) is 6.54 Å². The van der Waals surface area contributed by atoms with Gasteiger partial charge in [-0.05, 0) is 61.1 Å². The molecule has 7 rings (SSSR count). The zero-order valence-electron chi connectivity index (χ0n) is 22.4. The monoisotopic (exact) mass is 493 g/mol. The van der Waals surface area contributed by atoms with Crippen LogP contribution in [0.25, 0.3) is 0 Å². The predicted molar refractivity (Wildman–Crippen MR) is 133 cm³/mol. The smallest absolute Gasteiger partial charge is 0.308 e. The molecule has 6 nitrogen and oxygen atoms in total. The quantitative estimate of drug-likeness (QED) is 0.516. The third-order valence-electron chi connectivity index (χ3n) is 11.9. The lowest BCUT2D eigenvalue weighted by molar-refractivity contribution is -0.366. The molecule has 0 amide bonds. The first-order valence-corrected chi connectivity index (χ1v) is 13.9. The van der Waals surface area contributed by atoms with Gasteiger partial charge in [0, 0.05) is 41.2 Å². The maximum absolute atomic E-state index is 14.3. The van der Waals surface area contributed by atoms with E-state index in [1.165, 1.54) is 0 Å². The summed E-state index contributed by atoms with van der Waals surface area (Å²) in [5.74, 6) is -0.00359. The summed E-state index contributed by atoms with van der Waals surface area (Å²) in [5, 5.41) is 11.1. The van der Waals surface area contributed by atoms with Crippen molar-refractivity contribution < 1.29 is 24.2 Å². The Balaban J connectivity index is 1.51. The number of Topliss-reactive ketones (excluding diaryl/α,β-unsaturated/α-hetero) is 1. The fourth-order valence-electron chi connectivity index (χ4n) is 10.5. The third-order valence-corrected chi connectivity index (χ3v) is 11.9. The van der Waals surface area contributed by atoms with E-state index in [4.69, 9.17) is 9.47 Å². The lowest BCUT2D eigenvalue weighted by Crippen LogP contribution is -2.82. The minimum atomic E-state index is -0.850. The molecule has 0 aromatic heterocycles. The molecule has 1 saturated carbocycles. The van der Waals surface area contributed by atoms with E-state index in [2.05, 4.69) is 38.7 Å². The number of fused-ring (bicyclic) bond motifs is 5. The minimum Gasteiger partial charge on any atom is -0.508 e. The van der Waals surface area contributed by atoms with Gasteiger partial charge in [0.15, 0.2) is 5.72 Å². The third kappa shape index (κ3) is 2.34. The van der Waals surface area contributed by atoms with Gasteiger partial charge in [0.1, 0.15) is 17.3 Å². The number of benzene rings is 1. The largest absolute Gasteiger partial charge is 0.508 e. The molecular formula is C30H39NO5. The number of carbonyl (C=O) groups is 2. The summed E-state index contributed by atoms with van der Waals surface area (Å²) in [5.41, 5.74) is 0.0164. The first-order valence-electron chi connectivity index (χ1n) is 13.9. The molecule has 1 aromatic carbocycles. The molecule has 4 heterocycles. The van der Waals surface area contributed by atoms with Crippen molar-refractivity contribution >= 4 is 11.8 Å². The molecule has 4 aliphatic heterocycles. The number of esters is 1. The van der Waals surface area contributed by atoms with Gasteiger partial charge in [-0.2, -0.15) is 0 Å². The zero-order valence-corrected chi connectivity index (χ0v) is 22.4. The van der Waals surface area contributed by atoms with E-state index in [9.17, 15) is 14.7 Å². The number of nitrogens with zero attached hydrogens (tertiary/aromatic N) is 1. The summed E-state index contributed by atoms with van der Waals surface area (Å²) in [6.45, 7) is 13.7. The molecule has 9 unspecified atom stereocenters. The highest BCUT2D eigenvalue weighted by Gasteiger charge is 2.81. The molecule has 0 radical (unpaired) electrons. The molecule has 4 bridgehead atoms. The second-order valence-electron chi connectivity index (χ2n) is 13.9. The Morgan fingerprint density at radius 1 is 1.11 bits per heavy atom. The molecule has 1 aromatic rings. The second kappa shape index (κ2) is 6.55. The summed E-state index contributed by atoms with van der Waals surface area (Å²) in [6, 6.07) is 3.94. The SMILES string of the molecule is Cc1cc(O)c2c(c1)C1(C)CC34OC(=O)CC(C)(C1C(=O)C2C)C3(C)CCC12CC(C)CC(CN14)O2. The van der Waals surface area contributed by atoms with E-state index < -0.39 is 28.2 Å². The van der Waals surface area contributed by atoms with Gasteiger partial charge >= 0.3 is 5.97 Å². The molecule has 9 atom stereocenters. The molecule has 36 heavy (non-hydrogen) atoms. The molecular weight excluding hydrogens is 454 g/mol. The average molecular weight is 494 g/mol. The Bertz CT molecular complexity index is 1230. The molecule has 1 N–H and O–H groups in total. The number of aromatic hydroxyl groups is 1. The number of ketones is 1. The molecule has 2 aliphatic carbocycles. The Morgan fingerprint density at radius 2 is 1.86 bits per heavy atom. The summed E-state index contributed by atoms with van der Waals surface area (Å²) in [4.78, 5) is 30.3. The van der Waals surface area contributed by atoms with Crippen LogP contribution >= 0.6 is 0 Å². The number of hydrogen-bond donors (Lipinski definition) is 1. The van der Waals surface area contributed by atoms with Gasteiger partial charge in [-0.1, -0.05) is 40.7 Å². The number of hydrogen-bond acceptors (Lipinski definition) is 6. The number of phenolic OH excluding ortho intramolecular Hbond substituents is 1. The molecule has 4 saturated heterocycles. The zero-order chi connectivity index (χ0) is 25.6. The summed E-state index contributed by atoms with van der Waals surface area (Å²) < 4.78 is 13.4. The highest BCUT2D eigenvalue weighted by molar-refractivity contribution is 5.94. The second-order valence-corrected chi connectivity index (χ2v) is 13.9. The van der Waals surface area contributed by atoms with Gasteiger partial charge in [-0.3, -0.25) is 9.59 Å². The summed E-state index contributed by atoms with van der Waals surface area (Å²) >= 11 is 0. The maximum Gasteiger partial charge on any atom is 0.308 e. The first kappa shape index (κ1) is 23.2. The molecule has 194 valence electrons. The van der Waals surface area contributed by atoms with Gasteiger partial charge in [-0.15, -0.1) is 0 Å². The average Bonchev–Trinajstić information content (AvgIpc) is 3.04. The van der Waals surface area contributed by atoms with Crippen LogP contribution in [0.2, 0.25) is 0 Å². The van der Waals surface area contributed by atoms with E-state index in [1.807, 2.05) is 13.8 Å². The van der Waals surface area contributed by atoms with Crippen LogP contribution in [0.4, 0.5) is 0 Å². The Kier molecular flexibility index (Phi) is 4.23. The molecule has 6 heteroatoms.